The molecule has 1 saturated heterocycles. The van der Waals surface area contributed by atoms with E-state index in [4.69, 9.17) is 0 Å². The monoisotopic (exact) mass is 289 g/mol. The molecule has 1 atom stereocenters. The molecule has 0 aromatic heterocycles. The number of carbonyl (C=O) groups is 2. The van der Waals surface area contributed by atoms with Crippen LogP contribution in [-0.2, 0) is 16.0 Å². The largest absolute Gasteiger partial charge is 0.356 e. The summed E-state index contributed by atoms with van der Waals surface area (Å²) in [6, 6.07) is 7.34. The van der Waals surface area contributed by atoms with Gasteiger partial charge in [0.05, 0.1) is 12.5 Å². The van der Waals surface area contributed by atoms with Crippen LogP contribution in [0.5, 0.6) is 0 Å². The van der Waals surface area contributed by atoms with Crippen LogP contribution >= 0.6 is 0 Å². The van der Waals surface area contributed by atoms with E-state index < -0.39 is 0 Å². The number of amides is 2. The maximum absolute atomic E-state index is 12.1. The van der Waals surface area contributed by atoms with Crippen molar-refractivity contribution in [1.82, 2.24) is 10.6 Å². The molecule has 1 aromatic carbocycles. The number of likely N-dealkylation sites (N-methyl/N-ethyl adjacent to an activating group) is 1. The molecule has 0 spiro atoms. The number of nitrogens with one attached hydrogen (secondary N) is 3. The molecule has 1 fully saturated rings. The molecule has 21 heavy (non-hydrogen) atoms. The van der Waals surface area contributed by atoms with Crippen molar-refractivity contribution in [3.05, 3.63) is 29.8 Å². The maximum Gasteiger partial charge on any atom is 0.241 e. The fourth-order valence-corrected chi connectivity index (χ4v) is 2.46. The van der Waals surface area contributed by atoms with E-state index >= 15 is 0 Å². The molecule has 0 bridgehead atoms. The van der Waals surface area contributed by atoms with E-state index in [0.717, 1.165) is 37.1 Å². The highest BCUT2D eigenvalue weighted by Gasteiger charge is 2.20. The molecule has 5 nitrogen and oxygen atoms in total. The van der Waals surface area contributed by atoms with Gasteiger partial charge in [0, 0.05) is 12.2 Å². The van der Waals surface area contributed by atoms with Crippen LogP contribution in [0.25, 0.3) is 0 Å². The normalized spacial score (nSPS) is 18.0. The van der Waals surface area contributed by atoms with Crippen LogP contribution in [0.1, 0.15) is 31.7 Å². The van der Waals surface area contributed by atoms with Crippen molar-refractivity contribution >= 4 is 17.5 Å². The van der Waals surface area contributed by atoms with E-state index in [1.165, 1.54) is 0 Å². The lowest BCUT2D eigenvalue weighted by molar-refractivity contribution is -0.120. The Bertz CT molecular complexity index is 479. The Balaban J connectivity index is 1.86. The predicted octanol–water partition coefficient (Wildman–Crippen LogP) is 1.45. The molecule has 0 unspecified atom stereocenters. The third-order valence-electron chi connectivity index (χ3n) is 3.59. The smallest absolute Gasteiger partial charge is 0.241 e. The van der Waals surface area contributed by atoms with E-state index in [-0.39, 0.29) is 17.9 Å². The van der Waals surface area contributed by atoms with Crippen LogP contribution in [0.2, 0.25) is 0 Å². The maximum atomic E-state index is 12.1. The van der Waals surface area contributed by atoms with Gasteiger partial charge in [-0.15, -0.1) is 0 Å². The lowest BCUT2D eigenvalue weighted by atomic mass is 10.0. The van der Waals surface area contributed by atoms with Crippen LogP contribution < -0.4 is 16.0 Å². The Hall–Kier alpha value is -1.88. The summed E-state index contributed by atoms with van der Waals surface area (Å²) in [7, 11) is 0. The van der Waals surface area contributed by atoms with Gasteiger partial charge in [-0.3, -0.25) is 9.59 Å². The molecular weight excluding hydrogens is 266 g/mol. The van der Waals surface area contributed by atoms with Crippen LogP contribution in [0, 0.1) is 0 Å². The lowest BCUT2D eigenvalue weighted by Crippen LogP contribution is -2.43. The van der Waals surface area contributed by atoms with E-state index in [0.29, 0.717) is 13.0 Å². The summed E-state index contributed by atoms with van der Waals surface area (Å²) in [6.07, 6.45) is 3.49. The topological polar surface area (TPSA) is 70.2 Å². The van der Waals surface area contributed by atoms with Crippen molar-refractivity contribution in [2.24, 2.45) is 0 Å². The van der Waals surface area contributed by atoms with E-state index in [2.05, 4.69) is 16.0 Å². The van der Waals surface area contributed by atoms with Crippen molar-refractivity contribution in [2.75, 3.05) is 18.4 Å². The first-order valence-corrected chi connectivity index (χ1v) is 7.59. The quantitative estimate of drug-likeness (QED) is 0.768. The molecule has 3 N–H and O–H groups in total. The van der Waals surface area contributed by atoms with Gasteiger partial charge in [0.15, 0.2) is 0 Å². The second-order valence-electron chi connectivity index (χ2n) is 5.32. The summed E-state index contributed by atoms with van der Waals surface area (Å²) in [5.74, 6) is 0.0341. The lowest BCUT2D eigenvalue weighted by Gasteiger charge is -2.22. The zero-order valence-corrected chi connectivity index (χ0v) is 12.4. The van der Waals surface area contributed by atoms with E-state index in [9.17, 15) is 9.59 Å². The Morgan fingerprint density at radius 3 is 2.62 bits per heavy atom. The van der Waals surface area contributed by atoms with Crippen LogP contribution in [0.4, 0.5) is 5.69 Å². The Kier molecular flexibility index (Phi) is 5.75. The van der Waals surface area contributed by atoms with Crippen molar-refractivity contribution < 1.29 is 9.59 Å². The highest BCUT2D eigenvalue weighted by Crippen LogP contribution is 2.13. The summed E-state index contributed by atoms with van der Waals surface area (Å²) in [4.78, 5) is 23.6. The molecule has 0 aliphatic carbocycles. The van der Waals surface area contributed by atoms with Gasteiger partial charge >= 0.3 is 0 Å². The molecule has 114 valence electrons. The number of benzene rings is 1. The molecule has 5 heteroatoms. The van der Waals surface area contributed by atoms with Gasteiger partial charge < -0.3 is 16.0 Å². The predicted molar refractivity (Wildman–Crippen MR) is 83.1 cm³/mol. The Morgan fingerprint density at radius 2 is 2.00 bits per heavy atom. The zero-order valence-electron chi connectivity index (χ0n) is 12.4. The SMILES string of the molecule is CCNC(=O)Cc1ccc(NC(=O)[C@H]2CCCCN2)cc1. The average Bonchev–Trinajstić information content (AvgIpc) is 2.50. The fourth-order valence-electron chi connectivity index (χ4n) is 2.46. The van der Waals surface area contributed by atoms with Crippen molar-refractivity contribution in [1.29, 1.82) is 0 Å². The molecule has 0 saturated carbocycles. The summed E-state index contributed by atoms with van der Waals surface area (Å²) < 4.78 is 0. The Labute approximate surface area is 125 Å². The molecular formula is C16H23N3O2. The molecule has 0 radical (unpaired) electrons. The molecule has 1 heterocycles. The van der Waals surface area contributed by atoms with Gasteiger partial charge in [-0.05, 0) is 44.0 Å². The first-order chi connectivity index (χ1) is 10.2. The van der Waals surface area contributed by atoms with Crippen LogP contribution in [0.3, 0.4) is 0 Å². The number of rotatable bonds is 5. The number of anilines is 1. The highest BCUT2D eigenvalue weighted by molar-refractivity contribution is 5.94. The van der Waals surface area contributed by atoms with Gasteiger partial charge in [-0.25, -0.2) is 0 Å². The van der Waals surface area contributed by atoms with Gasteiger partial charge in [0.25, 0.3) is 0 Å². The summed E-state index contributed by atoms with van der Waals surface area (Å²) in [5, 5.41) is 8.91. The van der Waals surface area contributed by atoms with E-state index in [1.54, 1.807) is 0 Å². The fraction of sp³-hybridized carbons (Fsp3) is 0.500. The van der Waals surface area contributed by atoms with Crippen molar-refractivity contribution in [3.63, 3.8) is 0 Å². The van der Waals surface area contributed by atoms with Gasteiger partial charge in [-0.1, -0.05) is 18.6 Å². The molecule has 2 amide bonds. The van der Waals surface area contributed by atoms with Crippen molar-refractivity contribution in [3.8, 4) is 0 Å². The Morgan fingerprint density at radius 1 is 1.24 bits per heavy atom. The minimum absolute atomic E-state index is 0.0145. The standard InChI is InChI=1S/C16H23N3O2/c1-2-17-15(20)11-12-6-8-13(9-7-12)19-16(21)14-5-3-4-10-18-14/h6-9,14,18H,2-5,10-11H2,1H3,(H,17,20)(H,19,21)/t14-/m1/s1. The minimum Gasteiger partial charge on any atom is -0.356 e. The van der Waals surface area contributed by atoms with Gasteiger partial charge in [-0.2, -0.15) is 0 Å². The molecule has 1 aliphatic heterocycles. The average molecular weight is 289 g/mol. The van der Waals surface area contributed by atoms with Gasteiger partial charge in [0.1, 0.15) is 0 Å². The summed E-state index contributed by atoms with van der Waals surface area (Å²) in [6.45, 7) is 3.45. The van der Waals surface area contributed by atoms with Gasteiger partial charge in [0.2, 0.25) is 11.8 Å². The zero-order chi connectivity index (χ0) is 15.1. The van der Waals surface area contributed by atoms with Crippen LogP contribution in [-0.4, -0.2) is 30.9 Å². The summed E-state index contributed by atoms with van der Waals surface area (Å²) >= 11 is 0. The first-order valence-electron chi connectivity index (χ1n) is 7.59. The highest BCUT2D eigenvalue weighted by atomic mass is 16.2. The first kappa shape index (κ1) is 15.5. The van der Waals surface area contributed by atoms with E-state index in [1.807, 2.05) is 31.2 Å². The number of piperidine rings is 1. The third-order valence-corrected chi connectivity index (χ3v) is 3.59. The second-order valence-corrected chi connectivity index (χ2v) is 5.32. The third kappa shape index (κ3) is 4.86. The minimum atomic E-state index is -0.0891. The van der Waals surface area contributed by atoms with Crippen LogP contribution in [0.15, 0.2) is 24.3 Å². The molecule has 1 aliphatic rings. The number of hydrogen-bond acceptors (Lipinski definition) is 3. The summed E-state index contributed by atoms with van der Waals surface area (Å²) in [5.41, 5.74) is 1.71. The number of carbonyl (C=O) groups excluding carboxylic acids is 2. The number of hydrogen-bond donors (Lipinski definition) is 3. The molecule has 2 rings (SSSR count). The molecule has 1 aromatic rings. The van der Waals surface area contributed by atoms with Crippen molar-refractivity contribution in [2.45, 2.75) is 38.6 Å². The second kappa shape index (κ2) is 7.78.